The van der Waals surface area contributed by atoms with Crippen LogP contribution in [0.3, 0.4) is 0 Å². The first-order valence-corrected chi connectivity index (χ1v) is 9.26. The summed E-state index contributed by atoms with van der Waals surface area (Å²) in [5.41, 5.74) is 3.26. The van der Waals surface area contributed by atoms with Crippen LogP contribution in [0.2, 0.25) is 0 Å². The molecule has 1 aliphatic rings. The normalized spacial score (nSPS) is 16.1. The van der Waals surface area contributed by atoms with Crippen molar-refractivity contribution in [2.45, 2.75) is 19.4 Å². The summed E-state index contributed by atoms with van der Waals surface area (Å²) in [6, 6.07) is 9.96. The largest absolute Gasteiger partial charge is 0.369 e. The number of hydrogen-bond donors (Lipinski definition) is 1. The molecule has 6 nitrogen and oxygen atoms in total. The van der Waals surface area contributed by atoms with Gasteiger partial charge in [0.05, 0.1) is 11.9 Å². The van der Waals surface area contributed by atoms with Crippen molar-refractivity contribution in [3.63, 3.8) is 0 Å². The van der Waals surface area contributed by atoms with Crippen LogP contribution in [0.15, 0.2) is 47.5 Å². The zero-order chi connectivity index (χ0) is 17.9. The number of benzene rings is 1. The van der Waals surface area contributed by atoms with Crippen molar-refractivity contribution in [3.8, 4) is 0 Å². The summed E-state index contributed by atoms with van der Waals surface area (Å²) in [4.78, 5) is 20.4. The Balaban J connectivity index is 1.47. The highest BCUT2D eigenvalue weighted by molar-refractivity contribution is 5.82. The van der Waals surface area contributed by atoms with Gasteiger partial charge in [-0.25, -0.2) is 4.68 Å². The maximum atomic E-state index is 12.5. The maximum Gasteiger partial charge on any atom is 0.268 e. The molecule has 1 aliphatic heterocycles. The Labute approximate surface area is 153 Å². The lowest BCUT2D eigenvalue weighted by Gasteiger charge is -2.22. The molecule has 0 bridgehead atoms. The van der Waals surface area contributed by atoms with Crippen molar-refractivity contribution in [1.82, 2.24) is 19.7 Å². The standard InChI is InChI=1S/C20H25N5O/c1-23-8-4-9-24(12-11-23)17-13-20(26)25(22-15-17)10-7-16-14-21-19-6-3-2-5-18(16)19/h2-3,5-6,13-15,21H,4,7-12H2,1H3. The van der Waals surface area contributed by atoms with Crippen LogP contribution in [0.1, 0.15) is 12.0 Å². The van der Waals surface area contributed by atoms with Crippen molar-refractivity contribution in [3.05, 3.63) is 58.6 Å². The molecule has 0 radical (unpaired) electrons. The van der Waals surface area contributed by atoms with Gasteiger partial charge in [-0.05, 0) is 38.1 Å². The van der Waals surface area contributed by atoms with Crippen LogP contribution in [-0.2, 0) is 13.0 Å². The van der Waals surface area contributed by atoms with E-state index in [1.807, 2.05) is 24.5 Å². The smallest absolute Gasteiger partial charge is 0.268 e. The second-order valence-corrected chi connectivity index (χ2v) is 7.03. The molecular weight excluding hydrogens is 326 g/mol. The van der Waals surface area contributed by atoms with E-state index in [0.717, 1.165) is 50.2 Å². The van der Waals surface area contributed by atoms with E-state index >= 15 is 0 Å². The van der Waals surface area contributed by atoms with Gasteiger partial charge in [-0.3, -0.25) is 4.79 Å². The number of para-hydroxylation sites is 1. The van der Waals surface area contributed by atoms with Gasteiger partial charge in [0.2, 0.25) is 0 Å². The number of aromatic nitrogens is 3. The van der Waals surface area contributed by atoms with Crippen LogP contribution in [0.25, 0.3) is 10.9 Å². The van der Waals surface area contributed by atoms with Crippen LogP contribution in [0.4, 0.5) is 5.69 Å². The van der Waals surface area contributed by atoms with Crippen molar-refractivity contribution in [1.29, 1.82) is 0 Å². The van der Waals surface area contributed by atoms with Crippen molar-refractivity contribution in [2.75, 3.05) is 38.1 Å². The van der Waals surface area contributed by atoms with Crippen molar-refractivity contribution in [2.24, 2.45) is 0 Å². The highest BCUT2D eigenvalue weighted by atomic mass is 16.1. The molecule has 1 N–H and O–H groups in total. The number of anilines is 1. The predicted molar refractivity (Wildman–Crippen MR) is 105 cm³/mol. The second kappa shape index (κ2) is 7.33. The number of likely N-dealkylation sites (N-methyl/N-ethyl adjacent to an activating group) is 1. The number of nitrogens with one attached hydrogen (secondary N) is 1. The molecule has 3 heterocycles. The number of hydrogen-bond acceptors (Lipinski definition) is 4. The van der Waals surface area contributed by atoms with E-state index in [9.17, 15) is 4.79 Å². The molecule has 26 heavy (non-hydrogen) atoms. The number of nitrogens with zero attached hydrogens (tertiary/aromatic N) is 4. The Morgan fingerprint density at radius 2 is 2.04 bits per heavy atom. The Morgan fingerprint density at radius 1 is 1.15 bits per heavy atom. The molecule has 1 aromatic carbocycles. The van der Waals surface area contributed by atoms with Gasteiger partial charge in [-0.15, -0.1) is 0 Å². The van der Waals surface area contributed by atoms with Gasteiger partial charge in [-0.2, -0.15) is 5.10 Å². The van der Waals surface area contributed by atoms with Crippen molar-refractivity contribution >= 4 is 16.6 Å². The topological polar surface area (TPSA) is 57.2 Å². The summed E-state index contributed by atoms with van der Waals surface area (Å²) in [7, 11) is 2.14. The van der Waals surface area contributed by atoms with E-state index in [4.69, 9.17) is 0 Å². The number of fused-ring (bicyclic) bond motifs is 1. The number of aromatic amines is 1. The van der Waals surface area contributed by atoms with Gasteiger partial charge in [-0.1, -0.05) is 18.2 Å². The molecule has 0 amide bonds. The highest BCUT2D eigenvalue weighted by Gasteiger charge is 2.14. The lowest BCUT2D eigenvalue weighted by atomic mass is 10.1. The lowest BCUT2D eigenvalue weighted by molar-refractivity contribution is 0.360. The Kier molecular flexibility index (Phi) is 4.75. The summed E-state index contributed by atoms with van der Waals surface area (Å²) in [6.07, 6.45) is 5.75. The number of rotatable bonds is 4. The molecule has 4 rings (SSSR count). The minimum Gasteiger partial charge on any atom is -0.369 e. The Hall–Kier alpha value is -2.60. The molecule has 1 saturated heterocycles. The molecule has 0 aliphatic carbocycles. The van der Waals surface area contributed by atoms with Gasteiger partial charge >= 0.3 is 0 Å². The minimum absolute atomic E-state index is 0.0278. The van der Waals surface area contributed by atoms with Crippen LogP contribution in [0, 0.1) is 0 Å². The summed E-state index contributed by atoms with van der Waals surface area (Å²) < 4.78 is 1.56. The average molecular weight is 351 g/mol. The quantitative estimate of drug-likeness (QED) is 0.782. The lowest BCUT2D eigenvalue weighted by Crippen LogP contribution is -2.31. The third-order valence-corrected chi connectivity index (χ3v) is 5.21. The summed E-state index contributed by atoms with van der Waals surface area (Å²) in [6.45, 7) is 4.63. The molecule has 1 fully saturated rings. The SMILES string of the molecule is CN1CCCN(c2cnn(CCc3c[nH]c4ccccc34)c(=O)c2)CC1. The Bertz CT molecular complexity index is 945. The minimum atomic E-state index is -0.0278. The number of aryl methyl sites for hydroxylation is 2. The highest BCUT2D eigenvalue weighted by Crippen LogP contribution is 2.18. The fourth-order valence-electron chi connectivity index (χ4n) is 3.63. The van der Waals surface area contributed by atoms with Crippen LogP contribution >= 0.6 is 0 Å². The van der Waals surface area contributed by atoms with E-state index in [1.165, 1.54) is 10.9 Å². The van der Waals surface area contributed by atoms with E-state index in [-0.39, 0.29) is 5.56 Å². The molecule has 2 aromatic heterocycles. The molecule has 0 atom stereocenters. The molecule has 136 valence electrons. The monoisotopic (exact) mass is 351 g/mol. The average Bonchev–Trinajstić information content (AvgIpc) is 2.94. The van der Waals surface area contributed by atoms with Gasteiger partial charge in [0, 0.05) is 49.3 Å². The third-order valence-electron chi connectivity index (χ3n) is 5.21. The van der Waals surface area contributed by atoms with E-state index in [2.05, 4.69) is 39.1 Å². The van der Waals surface area contributed by atoms with Crippen LogP contribution in [-0.4, -0.2) is 52.9 Å². The van der Waals surface area contributed by atoms with Crippen LogP contribution in [0.5, 0.6) is 0 Å². The first kappa shape index (κ1) is 16.8. The van der Waals surface area contributed by atoms with Crippen LogP contribution < -0.4 is 10.5 Å². The molecule has 0 saturated carbocycles. The third kappa shape index (κ3) is 3.51. The maximum absolute atomic E-state index is 12.5. The van der Waals surface area contributed by atoms with Gasteiger partial charge in [0.25, 0.3) is 5.56 Å². The molecule has 6 heteroatoms. The van der Waals surface area contributed by atoms with Gasteiger partial charge in [0.1, 0.15) is 0 Å². The predicted octanol–water partition coefficient (Wildman–Crippen LogP) is 2.11. The first-order chi connectivity index (χ1) is 12.7. The van der Waals surface area contributed by atoms with E-state index in [0.29, 0.717) is 6.54 Å². The fraction of sp³-hybridized carbons (Fsp3) is 0.400. The fourth-order valence-corrected chi connectivity index (χ4v) is 3.63. The zero-order valence-corrected chi connectivity index (χ0v) is 15.2. The Morgan fingerprint density at radius 3 is 2.92 bits per heavy atom. The van der Waals surface area contributed by atoms with Gasteiger partial charge in [0.15, 0.2) is 0 Å². The first-order valence-electron chi connectivity index (χ1n) is 9.26. The molecule has 0 unspecified atom stereocenters. The zero-order valence-electron chi connectivity index (χ0n) is 15.2. The van der Waals surface area contributed by atoms with Crippen molar-refractivity contribution < 1.29 is 0 Å². The van der Waals surface area contributed by atoms with Gasteiger partial charge < -0.3 is 14.8 Å². The van der Waals surface area contributed by atoms with E-state index in [1.54, 1.807) is 10.7 Å². The summed E-state index contributed by atoms with van der Waals surface area (Å²) in [5, 5.41) is 5.64. The van der Waals surface area contributed by atoms with E-state index < -0.39 is 0 Å². The molecule has 3 aromatic rings. The molecule has 0 spiro atoms. The molecular formula is C20H25N5O. The summed E-state index contributed by atoms with van der Waals surface area (Å²) >= 11 is 0. The second-order valence-electron chi connectivity index (χ2n) is 7.03. The summed E-state index contributed by atoms with van der Waals surface area (Å²) in [5.74, 6) is 0. The number of H-pyrrole nitrogens is 1.